The Morgan fingerprint density at radius 3 is 2.58 bits per heavy atom. The largest absolute Gasteiger partial charge is 0.493 e. The number of aromatic nitrogens is 2. The van der Waals surface area contributed by atoms with Crippen molar-refractivity contribution < 1.29 is 9.90 Å². The van der Waals surface area contributed by atoms with Crippen LogP contribution >= 0.6 is 0 Å². The van der Waals surface area contributed by atoms with Gasteiger partial charge in [-0.2, -0.15) is 0 Å². The lowest BCUT2D eigenvalue weighted by Gasteiger charge is -2.19. The highest BCUT2D eigenvalue weighted by Gasteiger charge is 2.18. The molecule has 0 saturated carbocycles. The number of rotatable bonds is 6. The molecule has 1 N–H and O–H groups in total. The molecule has 0 aliphatic rings. The molecule has 134 valence electrons. The van der Waals surface area contributed by atoms with E-state index < -0.39 is 5.91 Å². The van der Waals surface area contributed by atoms with E-state index >= 15 is 0 Å². The second kappa shape index (κ2) is 7.88. The molecular weight excluding hydrogens is 330 g/mol. The van der Waals surface area contributed by atoms with Crippen molar-refractivity contribution in [3.8, 4) is 5.88 Å². The summed E-state index contributed by atoms with van der Waals surface area (Å²) in [5.74, 6) is -0.554. The second-order valence-corrected chi connectivity index (χ2v) is 5.78. The van der Waals surface area contributed by atoms with Crippen LogP contribution in [0, 0.1) is 0 Å². The van der Waals surface area contributed by atoms with Crippen molar-refractivity contribution in [2.24, 2.45) is 10.2 Å². The van der Waals surface area contributed by atoms with Gasteiger partial charge in [-0.3, -0.25) is 19.2 Å². The Hall–Kier alpha value is -3.06. The van der Waals surface area contributed by atoms with Crippen LogP contribution in [0.4, 0.5) is 5.69 Å². The third kappa shape index (κ3) is 3.48. The molecule has 2 heterocycles. The van der Waals surface area contributed by atoms with Gasteiger partial charge in [0.05, 0.1) is 12.2 Å². The number of azo groups is 1. The first-order valence-electron chi connectivity index (χ1n) is 8.55. The number of hydrogen-bond acceptors (Lipinski definition) is 5. The molecule has 0 unspecified atom stereocenters. The number of carbonyl (C=O) groups excluding carboxylic acids is 1. The van der Waals surface area contributed by atoms with Gasteiger partial charge in [-0.05, 0) is 31.3 Å². The molecule has 0 atom stereocenters. The summed E-state index contributed by atoms with van der Waals surface area (Å²) in [5, 5.41) is 19.2. The monoisotopic (exact) mass is 351 g/mol. The van der Waals surface area contributed by atoms with E-state index in [4.69, 9.17) is 0 Å². The van der Waals surface area contributed by atoms with Gasteiger partial charge in [0.25, 0.3) is 0 Å². The number of pyridine rings is 1. The van der Waals surface area contributed by atoms with E-state index in [9.17, 15) is 9.90 Å². The Labute approximate surface area is 151 Å². The lowest BCUT2D eigenvalue weighted by molar-refractivity contribution is 0.0990. The quantitative estimate of drug-likeness (QED) is 0.681. The topological polar surface area (TPSA) is 83.1 Å². The number of amides is 1. The number of aromatic hydroxyl groups is 1. The van der Waals surface area contributed by atoms with Crippen molar-refractivity contribution in [2.75, 3.05) is 13.1 Å². The molecule has 0 fully saturated rings. The summed E-state index contributed by atoms with van der Waals surface area (Å²) in [7, 11) is 0. The predicted molar refractivity (Wildman–Crippen MR) is 99.6 cm³/mol. The third-order valence-electron chi connectivity index (χ3n) is 4.28. The Morgan fingerprint density at radius 2 is 1.88 bits per heavy atom. The first-order valence-corrected chi connectivity index (χ1v) is 8.55. The molecule has 3 aromatic rings. The Bertz CT molecular complexity index is 930. The molecule has 0 spiro atoms. The highest BCUT2D eigenvalue weighted by Crippen LogP contribution is 2.38. The summed E-state index contributed by atoms with van der Waals surface area (Å²) in [6.45, 7) is 6.38. The van der Waals surface area contributed by atoms with Crippen molar-refractivity contribution >= 4 is 22.5 Å². The summed E-state index contributed by atoms with van der Waals surface area (Å²) < 4.78 is 1.78. The summed E-state index contributed by atoms with van der Waals surface area (Å²) in [5.41, 5.74) is 1.34. The molecule has 3 rings (SSSR count). The minimum atomic E-state index is -0.550. The maximum absolute atomic E-state index is 12.1. The Morgan fingerprint density at radius 1 is 1.15 bits per heavy atom. The highest BCUT2D eigenvalue weighted by atomic mass is 16.3. The molecule has 0 bridgehead atoms. The third-order valence-corrected chi connectivity index (χ3v) is 4.28. The molecule has 1 amide bonds. The van der Waals surface area contributed by atoms with E-state index in [1.54, 1.807) is 22.8 Å². The van der Waals surface area contributed by atoms with Crippen molar-refractivity contribution in [3.63, 3.8) is 0 Å². The number of benzene rings is 1. The Kier molecular flexibility index (Phi) is 5.38. The van der Waals surface area contributed by atoms with Crippen LogP contribution in [0.25, 0.3) is 10.9 Å². The van der Waals surface area contributed by atoms with Crippen molar-refractivity contribution in [2.45, 2.75) is 20.5 Å². The fraction of sp³-hybridized carbons (Fsp3) is 0.263. The number of fused-ring (bicyclic) bond motifs is 1. The molecule has 26 heavy (non-hydrogen) atoms. The first-order chi connectivity index (χ1) is 12.7. The minimum absolute atomic E-state index is 0.00401. The molecule has 0 saturated heterocycles. The normalized spacial score (nSPS) is 11.7. The van der Waals surface area contributed by atoms with Gasteiger partial charge in [0.15, 0.2) is 5.69 Å². The standard InChI is InChI=1S/C19H21N5O2/c1-3-23(4-2)13-24-16-11-6-5-9-14(16)17(19(24)26)21-22-18(25)15-10-7-8-12-20-15/h5-12,26H,3-4,13H2,1-2H3. The number of nitrogens with zero attached hydrogens (tertiary/aromatic N) is 5. The predicted octanol–water partition coefficient (Wildman–Crippen LogP) is 3.97. The molecule has 2 aromatic heterocycles. The van der Waals surface area contributed by atoms with Crippen molar-refractivity contribution in [1.29, 1.82) is 0 Å². The Balaban J connectivity index is 1.99. The van der Waals surface area contributed by atoms with Crippen molar-refractivity contribution in [1.82, 2.24) is 14.5 Å². The zero-order valence-electron chi connectivity index (χ0n) is 14.8. The number of hydrogen-bond donors (Lipinski definition) is 1. The van der Waals surface area contributed by atoms with Gasteiger partial charge in [-0.25, -0.2) is 0 Å². The highest BCUT2D eigenvalue weighted by molar-refractivity contribution is 5.96. The van der Waals surface area contributed by atoms with Crippen LogP contribution in [0.3, 0.4) is 0 Å². The van der Waals surface area contributed by atoms with Crippen LogP contribution in [0.2, 0.25) is 0 Å². The van der Waals surface area contributed by atoms with E-state index in [1.165, 1.54) is 6.20 Å². The van der Waals surface area contributed by atoms with Gasteiger partial charge in [0, 0.05) is 11.6 Å². The number of para-hydroxylation sites is 1. The van der Waals surface area contributed by atoms with Gasteiger partial charge in [0.1, 0.15) is 5.69 Å². The van der Waals surface area contributed by atoms with E-state index in [0.29, 0.717) is 6.67 Å². The minimum Gasteiger partial charge on any atom is -0.493 e. The van der Waals surface area contributed by atoms with Crippen LogP contribution in [0.5, 0.6) is 5.88 Å². The lowest BCUT2D eigenvalue weighted by atomic mass is 10.2. The maximum Gasteiger partial charge on any atom is 0.313 e. The van der Waals surface area contributed by atoms with Gasteiger partial charge >= 0.3 is 5.91 Å². The van der Waals surface area contributed by atoms with Crippen LogP contribution in [-0.2, 0) is 6.67 Å². The fourth-order valence-corrected chi connectivity index (χ4v) is 2.77. The van der Waals surface area contributed by atoms with Crippen LogP contribution in [0.15, 0.2) is 58.9 Å². The van der Waals surface area contributed by atoms with Gasteiger partial charge < -0.3 is 5.11 Å². The summed E-state index contributed by atoms with van der Waals surface area (Å²) in [4.78, 5) is 18.3. The van der Waals surface area contributed by atoms with Crippen molar-refractivity contribution in [3.05, 3.63) is 54.4 Å². The molecule has 7 nitrogen and oxygen atoms in total. The molecular formula is C19H21N5O2. The van der Waals surface area contributed by atoms with E-state index in [-0.39, 0.29) is 17.3 Å². The lowest BCUT2D eigenvalue weighted by Crippen LogP contribution is -2.25. The fourth-order valence-electron chi connectivity index (χ4n) is 2.77. The smallest absolute Gasteiger partial charge is 0.313 e. The summed E-state index contributed by atoms with van der Waals surface area (Å²) in [6, 6.07) is 12.5. The first kappa shape index (κ1) is 17.8. The second-order valence-electron chi connectivity index (χ2n) is 5.78. The van der Waals surface area contributed by atoms with Gasteiger partial charge in [0.2, 0.25) is 5.88 Å². The van der Waals surface area contributed by atoms with Crippen LogP contribution in [0.1, 0.15) is 24.3 Å². The van der Waals surface area contributed by atoms with Crippen LogP contribution < -0.4 is 0 Å². The molecule has 7 heteroatoms. The number of carbonyl (C=O) groups is 1. The molecule has 0 aliphatic carbocycles. The SMILES string of the molecule is CCN(CC)Cn1c(O)c(N=NC(=O)c2ccccn2)c2ccccc21. The average molecular weight is 351 g/mol. The van der Waals surface area contributed by atoms with E-state index in [0.717, 1.165) is 24.0 Å². The zero-order valence-corrected chi connectivity index (χ0v) is 14.8. The zero-order chi connectivity index (χ0) is 18.5. The average Bonchev–Trinajstić information content (AvgIpc) is 2.95. The van der Waals surface area contributed by atoms with E-state index in [1.807, 2.05) is 24.3 Å². The maximum atomic E-state index is 12.1. The summed E-state index contributed by atoms with van der Waals surface area (Å²) >= 11 is 0. The van der Waals surface area contributed by atoms with Gasteiger partial charge in [-0.15, -0.1) is 10.2 Å². The molecule has 0 radical (unpaired) electrons. The van der Waals surface area contributed by atoms with Gasteiger partial charge in [-0.1, -0.05) is 38.1 Å². The molecule has 0 aliphatic heterocycles. The molecule has 1 aromatic carbocycles. The summed E-state index contributed by atoms with van der Waals surface area (Å²) in [6.07, 6.45) is 1.52. The van der Waals surface area contributed by atoms with E-state index in [2.05, 4.69) is 34.0 Å². The van der Waals surface area contributed by atoms with Crippen LogP contribution in [-0.4, -0.2) is 38.6 Å².